The summed E-state index contributed by atoms with van der Waals surface area (Å²) in [5.74, 6) is 0.699. The number of para-hydroxylation sites is 3. The van der Waals surface area contributed by atoms with Gasteiger partial charge in [0.1, 0.15) is 16.6 Å². The van der Waals surface area contributed by atoms with Gasteiger partial charge in [0.05, 0.1) is 22.6 Å². The van der Waals surface area contributed by atoms with Crippen LogP contribution in [-0.2, 0) is 19.5 Å². The first-order valence-corrected chi connectivity index (χ1v) is 36.0. The molecule has 83 heavy (non-hydrogen) atoms. The molecule has 0 saturated heterocycles. The summed E-state index contributed by atoms with van der Waals surface area (Å²) in [6.45, 7) is 15.6. The maximum Gasteiger partial charge on any atom is 0.245 e. The fraction of sp³-hybridized carbons (Fsp3) is 0.389. The summed E-state index contributed by atoms with van der Waals surface area (Å²) in [6, 6.07) is 25.9. The molecule has 2 N–H and O–H groups in total. The van der Waals surface area contributed by atoms with Crippen LogP contribution in [0.4, 0.5) is 0 Å². The predicted octanol–water partition coefficient (Wildman–Crippen LogP) is 12.7. The Bertz CT molecular complexity index is 4320. The number of nitrogens with one attached hydrogen (secondary N) is 2. The minimum atomic E-state index is -2.45. The number of azide groups is 1. The molecule has 0 aliphatic heterocycles. The molecule has 29 heteroatoms. The van der Waals surface area contributed by atoms with E-state index >= 15 is 0 Å². The van der Waals surface area contributed by atoms with E-state index in [9.17, 15) is 0 Å². The number of tetrazole rings is 1. The van der Waals surface area contributed by atoms with Crippen molar-refractivity contribution >= 4 is 135 Å². The van der Waals surface area contributed by atoms with Gasteiger partial charge in [-0.15, -0.1) is 10.2 Å². The zero-order chi connectivity index (χ0) is 57.8. The quantitative estimate of drug-likeness (QED) is 0.0144. The first-order valence-electron chi connectivity index (χ1n) is 27.5. The first-order chi connectivity index (χ1) is 40.9. The number of alkyl halides is 1. The Balaban J connectivity index is 0.000000131. The largest absolute Gasteiger partial charge is 0.324 e. The predicted molar refractivity (Wildman–Crippen MR) is 319 cm³/mol. The number of hydrogen-bond donors (Lipinski definition) is 2. The summed E-state index contributed by atoms with van der Waals surface area (Å²) in [7, 11) is 0. The van der Waals surface area contributed by atoms with E-state index in [0.29, 0.717) is 58.3 Å². The van der Waals surface area contributed by atoms with Crippen molar-refractivity contribution in [3.8, 4) is 6.07 Å². The molecule has 0 saturated carbocycles. The van der Waals surface area contributed by atoms with Gasteiger partial charge < -0.3 is 14.0 Å². The van der Waals surface area contributed by atoms with E-state index in [-0.39, 0.29) is 0 Å². The van der Waals surface area contributed by atoms with Gasteiger partial charge in [-0.1, -0.05) is 75.7 Å². The number of aromatic amines is 2. The van der Waals surface area contributed by atoms with Crippen LogP contribution in [0.1, 0.15) is 90.8 Å². The zero-order valence-electron chi connectivity index (χ0n) is 46.1. The van der Waals surface area contributed by atoms with Crippen LogP contribution in [0.5, 0.6) is 0 Å². The molecule has 10 aromatic heterocycles. The zero-order valence-corrected chi connectivity index (χ0v) is 50.5. The van der Waals surface area contributed by atoms with Gasteiger partial charge in [0.25, 0.3) is 0 Å². The number of benzene rings is 3. The van der Waals surface area contributed by atoms with Gasteiger partial charge >= 0.3 is 105 Å². The molecule has 0 bridgehead atoms. The molecule has 0 aliphatic rings. The summed E-state index contributed by atoms with van der Waals surface area (Å²) >= 11 is 0.749. The number of fused-ring (bicyclic) bond motifs is 12. The van der Waals surface area contributed by atoms with Gasteiger partial charge in [-0.05, 0) is 56.8 Å². The Morgan fingerprint density at radius 2 is 1.22 bits per heavy atom. The summed E-state index contributed by atoms with van der Waals surface area (Å²) in [5.41, 5.74) is 18.9. The van der Waals surface area contributed by atoms with Crippen molar-refractivity contribution in [2.45, 2.75) is 118 Å². The minimum absolute atomic E-state index is 0.400. The fourth-order valence-electron chi connectivity index (χ4n) is 9.57. The molecule has 424 valence electrons. The molecule has 27 nitrogen and oxygen atoms in total. The molecule has 13 aromatic rings. The van der Waals surface area contributed by atoms with Gasteiger partial charge in [0, 0.05) is 53.8 Å². The second-order valence-electron chi connectivity index (χ2n) is 19.3. The van der Waals surface area contributed by atoms with E-state index in [1.807, 2.05) is 72.8 Å². The molecule has 0 fully saturated rings. The third-order valence-corrected chi connectivity index (χ3v) is 26.6. The Morgan fingerprint density at radius 1 is 0.651 bits per heavy atom. The van der Waals surface area contributed by atoms with E-state index < -0.39 is 18.7 Å². The average molecular weight is 1290 g/mol. The summed E-state index contributed by atoms with van der Waals surface area (Å²) in [6.07, 6.45) is 11.5. The van der Waals surface area contributed by atoms with Crippen LogP contribution in [0.25, 0.3) is 115 Å². The summed E-state index contributed by atoms with van der Waals surface area (Å²) in [5, 5.41) is 47.3. The minimum Gasteiger partial charge on any atom is -0.324 e. The van der Waals surface area contributed by atoms with Crippen LogP contribution in [0.2, 0.25) is 13.3 Å². The third-order valence-electron chi connectivity index (χ3n) is 13.6. The topological polar surface area (TPSA) is 351 Å². The van der Waals surface area contributed by atoms with Crippen LogP contribution < -0.4 is 0 Å². The molecule has 0 spiro atoms. The molecular weight excluding hydrogens is 1230 g/mol. The standard InChI is InChI=1S/C14H11N9O.C14H10N6O.C10H5N5O.C4H6BrN.3C4H9.N3.Sn/c1-2-5-9-8(4-1)11-14(16-13-12(15-11)19-24-20-13)23(9)7-3-6-10-17-21-22-18-10;1-15-7-4-8-20-10-6-3-2-5-9(10)11-14(20)17-13-12(16-11)18-21-19-13;1-2-4-6-5(3-1)7-8(11-6)13-10-9(12-7)14-16-15-10;5-3-1-2-4-6;3*1-3-4-2;1-3-2;/h1-2,4-5H,3,6-7H2,(H,17,18,21,22);2-3,5-6H,4,7-8H2;1-4H,(H,12,14);1-3H2;3*1,3-4H2,2H3;;/q;;;;;;;-1;+1. The van der Waals surface area contributed by atoms with Crippen molar-refractivity contribution < 1.29 is 13.9 Å². The van der Waals surface area contributed by atoms with Crippen molar-refractivity contribution in [3.05, 3.63) is 100 Å². The summed E-state index contributed by atoms with van der Waals surface area (Å²) < 4.78 is 26.5. The molecule has 0 amide bonds. The van der Waals surface area contributed by atoms with Crippen LogP contribution in [0.3, 0.4) is 0 Å². The molecule has 0 unspecified atom stereocenters. The Hall–Kier alpha value is -8.86. The molecule has 10 heterocycles. The maximum atomic E-state index is 8.81. The number of nitrogens with zero attached hydrogens (tertiary/aromatic N) is 22. The van der Waals surface area contributed by atoms with Gasteiger partial charge in [-0.3, -0.25) is 4.63 Å². The van der Waals surface area contributed by atoms with E-state index in [1.54, 1.807) is 0 Å². The van der Waals surface area contributed by atoms with Crippen LogP contribution in [0.15, 0.2) is 90.0 Å². The van der Waals surface area contributed by atoms with E-state index in [1.165, 1.54) is 51.8 Å². The number of rotatable bonds is 19. The number of nitriles is 1. The molecule has 0 radical (unpaired) electrons. The fourth-order valence-corrected chi connectivity index (χ4v) is 22.1. The second-order valence-corrected chi connectivity index (χ2v) is 31.9. The van der Waals surface area contributed by atoms with E-state index in [4.69, 9.17) is 22.0 Å². The maximum absolute atomic E-state index is 8.81. The number of unbranched alkanes of at least 4 members (excludes halogenated alkanes) is 4. The van der Waals surface area contributed by atoms with Crippen LogP contribution in [-0.4, -0.2) is 126 Å². The molecule has 3 aromatic carbocycles. The van der Waals surface area contributed by atoms with Gasteiger partial charge in [-0.25, -0.2) is 50.7 Å². The van der Waals surface area contributed by atoms with Gasteiger partial charge in [0.15, 0.2) is 22.8 Å². The van der Waals surface area contributed by atoms with Crippen molar-refractivity contribution in [2.24, 2.45) is 3.34 Å². The number of halogens is 1. The van der Waals surface area contributed by atoms with Crippen LogP contribution in [0, 0.1) is 17.9 Å². The molecule has 0 aliphatic carbocycles. The Kier molecular flexibility index (Phi) is 20.7. The van der Waals surface area contributed by atoms with Crippen molar-refractivity contribution in [1.82, 2.24) is 95.6 Å². The number of aryl methyl sites for hydroxylation is 3. The Labute approximate surface area is 486 Å². The van der Waals surface area contributed by atoms with E-state index in [2.05, 4.69) is 161 Å². The SMILES string of the molecule is CCC[CH2][Sn]([CH2]CCC)([CH2]CCC)[N]=[N+]=[N-].N#CCCCBr.[C-]#[N+]CCCn1c2ccccc2c2nc3nonc3nc21.c1ccc2c(c1)c1nc3nonc3nc1n2CCCc1nn[nH]n1.c1ccc2c(c1)nc1nc3no[nH]c3nc12. The number of aromatic nitrogens is 19. The normalized spacial score (nSPS) is 11.3. The monoisotopic (exact) mass is 1290 g/mol. The number of H-pyrrole nitrogens is 2. The van der Waals surface area contributed by atoms with Crippen molar-refractivity contribution in [1.29, 1.82) is 5.26 Å². The van der Waals surface area contributed by atoms with E-state index in [0.717, 1.165) is 105 Å². The van der Waals surface area contributed by atoms with Crippen LogP contribution >= 0.6 is 15.9 Å². The molecule has 13 rings (SSSR count). The first kappa shape index (κ1) is 58.8. The van der Waals surface area contributed by atoms with Gasteiger partial charge in [-0.2, -0.15) is 15.6 Å². The van der Waals surface area contributed by atoms with Crippen molar-refractivity contribution in [2.75, 3.05) is 11.9 Å². The molecular formula is C54H59BrN24O3Sn. The smallest absolute Gasteiger partial charge is 0.245 e. The Morgan fingerprint density at radius 3 is 1.75 bits per heavy atom. The second kappa shape index (κ2) is 29.2. The summed E-state index contributed by atoms with van der Waals surface area (Å²) in [4.78, 5) is 37.8. The third kappa shape index (κ3) is 14.1. The number of hydrogen-bond acceptors (Lipinski definition) is 20. The molecule has 0 atom stereocenters. The van der Waals surface area contributed by atoms with Crippen molar-refractivity contribution in [3.63, 3.8) is 0 Å². The van der Waals surface area contributed by atoms with Gasteiger partial charge in [0.2, 0.25) is 40.4 Å². The average Bonchev–Trinajstić information content (AvgIpc) is 4.56.